The molecule has 1 aromatic heterocycles. The van der Waals surface area contributed by atoms with E-state index in [0.717, 1.165) is 23.3 Å². The Bertz CT molecular complexity index is 1290. The van der Waals surface area contributed by atoms with E-state index in [2.05, 4.69) is 15.6 Å². The Morgan fingerprint density at radius 1 is 1.03 bits per heavy atom. The molecule has 3 aromatic rings. The highest BCUT2D eigenvalue weighted by Gasteiger charge is 2.48. The van der Waals surface area contributed by atoms with Crippen LogP contribution >= 0.6 is 11.9 Å². The molecule has 6 nitrogen and oxygen atoms in total. The summed E-state index contributed by atoms with van der Waals surface area (Å²) in [5.74, 6) is -4.50. The van der Waals surface area contributed by atoms with E-state index in [0.29, 0.717) is 5.56 Å². The smallest absolute Gasteiger partial charge is 0.251 e. The highest BCUT2D eigenvalue weighted by atomic mass is 32.2. The van der Waals surface area contributed by atoms with Crippen molar-refractivity contribution in [1.82, 2.24) is 19.9 Å². The minimum Gasteiger partial charge on any atom is -0.345 e. The summed E-state index contributed by atoms with van der Waals surface area (Å²) in [6.45, 7) is 0.0175. The Morgan fingerprint density at radius 3 is 2.44 bits per heavy atom. The molecule has 2 fully saturated rings. The maximum absolute atomic E-state index is 14.5. The summed E-state index contributed by atoms with van der Waals surface area (Å²) < 4.78 is 44.2. The van der Waals surface area contributed by atoms with Gasteiger partial charge >= 0.3 is 0 Å². The molecule has 1 aliphatic heterocycles. The zero-order chi connectivity index (χ0) is 27.5. The summed E-state index contributed by atoms with van der Waals surface area (Å²) in [5.41, 5.74) is 0.916. The van der Waals surface area contributed by atoms with E-state index in [1.54, 1.807) is 34.9 Å². The first-order valence-electron chi connectivity index (χ1n) is 12.9. The minimum absolute atomic E-state index is 0.0175. The number of hydrogen-bond donors (Lipinski definition) is 2. The lowest BCUT2D eigenvalue weighted by molar-refractivity contribution is -0.136. The van der Waals surface area contributed by atoms with Crippen molar-refractivity contribution in [3.63, 3.8) is 0 Å². The quantitative estimate of drug-likeness (QED) is 0.370. The van der Waals surface area contributed by atoms with Crippen molar-refractivity contribution in [2.24, 2.45) is 0 Å². The number of halogens is 3. The number of piperidine rings is 1. The summed E-state index contributed by atoms with van der Waals surface area (Å²) >= 11 is 1.25. The first kappa shape index (κ1) is 27.2. The van der Waals surface area contributed by atoms with Crippen molar-refractivity contribution >= 4 is 23.8 Å². The molecule has 1 aliphatic carbocycles. The Morgan fingerprint density at radius 2 is 1.77 bits per heavy atom. The minimum atomic E-state index is -3.00. The zero-order valence-electron chi connectivity index (χ0n) is 21.2. The van der Waals surface area contributed by atoms with E-state index in [9.17, 15) is 22.8 Å². The topological polar surface area (TPSA) is 74.3 Å². The summed E-state index contributed by atoms with van der Waals surface area (Å²) in [6.07, 6.45) is 3.86. The van der Waals surface area contributed by atoms with Gasteiger partial charge in [0, 0.05) is 43.1 Å². The lowest BCUT2D eigenvalue weighted by Crippen LogP contribution is -2.57. The molecule has 0 bridgehead atoms. The second-order valence-corrected chi connectivity index (χ2v) is 11.2. The monoisotopic (exact) mass is 554 g/mol. The van der Waals surface area contributed by atoms with Gasteiger partial charge in [-0.1, -0.05) is 36.4 Å². The number of amides is 2. The van der Waals surface area contributed by atoms with E-state index in [1.807, 2.05) is 36.4 Å². The highest BCUT2D eigenvalue weighted by Crippen LogP contribution is 2.45. The molecule has 0 spiro atoms. The normalized spacial score (nSPS) is 20.5. The predicted octanol–water partition coefficient (Wildman–Crippen LogP) is 4.86. The van der Waals surface area contributed by atoms with Gasteiger partial charge in [-0.2, -0.15) is 0 Å². The van der Waals surface area contributed by atoms with Gasteiger partial charge in [0.05, 0.1) is 5.54 Å². The standard InChI is InChI=1S/C29H29F3N4O2S/c30-22-10-8-20(9-11-22)17-24(26(37)35-28(12-13-28)21-5-4-15-33-19-21)34-27(38)25-18-29(31,32)14-16-36(25)39-23-6-2-1-3-7-23/h1-11,15,19,24-25H,12-14,16-18H2,(H,34,38)(H,35,37). The van der Waals surface area contributed by atoms with Gasteiger partial charge < -0.3 is 10.6 Å². The maximum atomic E-state index is 14.5. The van der Waals surface area contributed by atoms with Crippen molar-refractivity contribution in [1.29, 1.82) is 0 Å². The van der Waals surface area contributed by atoms with Crippen LogP contribution in [0.2, 0.25) is 0 Å². The number of nitrogens with zero attached hydrogens (tertiary/aromatic N) is 2. The molecular formula is C29H29F3N4O2S. The average Bonchev–Trinajstić information content (AvgIpc) is 3.72. The Hall–Kier alpha value is -3.37. The number of aromatic nitrogens is 1. The highest BCUT2D eigenvalue weighted by molar-refractivity contribution is 7.97. The Labute approximate surface area is 229 Å². The predicted molar refractivity (Wildman–Crippen MR) is 142 cm³/mol. The molecular weight excluding hydrogens is 525 g/mol. The molecule has 5 rings (SSSR count). The molecule has 2 aromatic carbocycles. The number of rotatable bonds is 9. The van der Waals surface area contributed by atoms with E-state index >= 15 is 0 Å². The summed E-state index contributed by atoms with van der Waals surface area (Å²) in [4.78, 5) is 32.1. The van der Waals surface area contributed by atoms with E-state index < -0.39 is 47.6 Å². The van der Waals surface area contributed by atoms with Gasteiger partial charge in [0.25, 0.3) is 5.92 Å². The number of alkyl halides is 2. The molecule has 2 atom stereocenters. The molecule has 1 saturated carbocycles. The molecule has 0 radical (unpaired) electrons. The first-order valence-corrected chi connectivity index (χ1v) is 13.7. The first-order chi connectivity index (χ1) is 18.7. The molecule has 2 unspecified atom stereocenters. The number of benzene rings is 2. The van der Waals surface area contributed by atoms with Crippen molar-refractivity contribution in [2.45, 2.75) is 60.5 Å². The molecule has 2 heterocycles. The van der Waals surface area contributed by atoms with Gasteiger partial charge in [-0.05, 0) is 66.2 Å². The largest absolute Gasteiger partial charge is 0.345 e. The molecule has 204 valence electrons. The zero-order valence-corrected chi connectivity index (χ0v) is 22.0. The van der Waals surface area contributed by atoms with Gasteiger partial charge in [-0.25, -0.2) is 17.5 Å². The molecule has 2 amide bonds. The van der Waals surface area contributed by atoms with Crippen LogP contribution in [0.5, 0.6) is 0 Å². The Balaban J connectivity index is 1.36. The van der Waals surface area contributed by atoms with Gasteiger partial charge in [0.1, 0.15) is 17.9 Å². The van der Waals surface area contributed by atoms with Crippen LogP contribution in [0.25, 0.3) is 0 Å². The number of hydrogen-bond acceptors (Lipinski definition) is 5. The van der Waals surface area contributed by atoms with Crippen molar-refractivity contribution in [3.05, 3.63) is 96.1 Å². The van der Waals surface area contributed by atoms with Crippen LogP contribution in [-0.2, 0) is 21.5 Å². The van der Waals surface area contributed by atoms with Crippen molar-refractivity contribution < 1.29 is 22.8 Å². The molecule has 10 heteroatoms. The van der Waals surface area contributed by atoms with Gasteiger partial charge in [0.15, 0.2) is 0 Å². The Kier molecular flexibility index (Phi) is 7.95. The molecule has 2 aliphatic rings. The van der Waals surface area contributed by atoms with Crippen LogP contribution in [0, 0.1) is 5.82 Å². The fourth-order valence-corrected chi connectivity index (χ4v) is 5.81. The number of pyridine rings is 1. The summed E-state index contributed by atoms with van der Waals surface area (Å²) in [7, 11) is 0. The third kappa shape index (κ3) is 6.80. The average molecular weight is 555 g/mol. The molecule has 1 saturated heterocycles. The number of carbonyl (C=O) groups excluding carboxylic acids is 2. The van der Waals surface area contributed by atoms with Gasteiger partial charge in [-0.15, -0.1) is 0 Å². The SMILES string of the molecule is O=C(NC1(c2cccnc2)CC1)C(Cc1ccc(F)cc1)NC(=O)C1CC(F)(F)CCN1Sc1ccccc1. The van der Waals surface area contributed by atoms with Crippen LogP contribution in [0.4, 0.5) is 13.2 Å². The van der Waals surface area contributed by atoms with Crippen LogP contribution in [0.1, 0.15) is 36.8 Å². The summed E-state index contributed by atoms with van der Waals surface area (Å²) in [6, 6.07) is 16.4. The lowest BCUT2D eigenvalue weighted by atomic mass is 9.98. The molecule has 39 heavy (non-hydrogen) atoms. The maximum Gasteiger partial charge on any atom is 0.251 e. The third-order valence-electron chi connectivity index (χ3n) is 7.12. The summed E-state index contributed by atoms with van der Waals surface area (Å²) in [5, 5.41) is 5.81. The second kappa shape index (κ2) is 11.4. The number of carbonyl (C=O) groups is 2. The van der Waals surface area contributed by atoms with E-state index in [4.69, 9.17) is 0 Å². The number of nitrogens with one attached hydrogen (secondary N) is 2. The van der Waals surface area contributed by atoms with Gasteiger partial charge in [-0.3, -0.25) is 14.6 Å². The molecule has 2 N–H and O–H groups in total. The van der Waals surface area contributed by atoms with Crippen LogP contribution in [-0.4, -0.2) is 45.7 Å². The van der Waals surface area contributed by atoms with Crippen molar-refractivity contribution in [2.75, 3.05) is 6.54 Å². The fourth-order valence-electron chi connectivity index (χ4n) is 4.78. The fraction of sp³-hybridized carbons (Fsp3) is 0.345. The van der Waals surface area contributed by atoms with Crippen molar-refractivity contribution in [3.8, 4) is 0 Å². The third-order valence-corrected chi connectivity index (χ3v) is 8.27. The van der Waals surface area contributed by atoms with Crippen LogP contribution in [0.15, 0.2) is 84.0 Å². The lowest BCUT2D eigenvalue weighted by Gasteiger charge is -2.38. The second-order valence-electron chi connectivity index (χ2n) is 10.1. The van der Waals surface area contributed by atoms with E-state index in [1.165, 1.54) is 24.1 Å². The van der Waals surface area contributed by atoms with Gasteiger partial charge in [0.2, 0.25) is 11.8 Å². The van der Waals surface area contributed by atoms with Crippen LogP contribution < -0.4 is 10.6 Å². The van der Waals surface area contributed by atoms with E-state index in [-0.39, 0.29) is 19.4 Å². The van der Waals surface area contributed by atoms with Crippen LogP contribution in [0.3, 0.4) is 0 Å².